The van der Waals surface area contributed by atoms with Gasteiger partial charge in [-0.1, -0.05) is 121 Å². The summed E-state index contributed by atoms with van der Waals surface area (Å²) in [6.07, 6.45) is 5.00. The van der Waals surface area contributed by atoms with Crippen LogP contribution in [0.1, 0.15) is 43.8 Å². The highest BCUT2D eigenvalue weighted by atomic mass is 16.5. The van der Waals surface area contributed by atoms with Crippen LogP contribution in [0.15, 0.2) is 163 Å². The van der Waals surface area contributed by atoms with Gasteiger partial charge in [-0.25, -0.2) is 0 Å². The molecular formula is C51H50N6O9. The van der Waals surface area contributed by atoms with E-state index in [1.807, 2.05) is 91.0 Å². The molecule has 5 aromatic carbocycles. The van der Waals surface area contributed by atoms with Gasteiger partial charge in [0.25, 0.3) is 11.8 Å². The van der Waals surface area contributed by atoms with Gasteiger partial charge >= 0.3 is 0 Å². The third-order valence-electron chi connectivity index (χ3n) is 10.5. The van der Waals surface area contributed by atoms with Crippen LogP contribution in [0.2, 0.25) is 0 Å². The molecule has 1 aliphatic carbocycles. The number of rotatable bonds is 12. The minimum absolute atomic E-state index is 0.0655. The topological polar surface area (TPSA) is 202 Å². The minimum Gasteiger partial charge on any atom is -0.374 e. The number of anilines is 2. The SMILES string of the molecule is O=C1N[C@@H](COCc2ccccc2)C(=O)Nc2cccc(c2)C(=O)N[C@@H](COCc2ccccc2)C(=O)Nc2cccc(c2)C(=O)N[C@@H](COCc2ccccc2)C(=O)NC2C=CC=C1C2. The average molecular weight is 891 g/mol. The van der Waals surface area contributed by atoms with E-state index in [2.05, 4.69) is 31.9 Å². The molecule has 15 nitrogen and oxygen atoms in total. The number of hydrogen-bond donors (Lipinski definition) is 6. The van der Waals surface area contributed by atoms with Gasteiger partial charge in [0, 0.05) is 34.5 Å². The lowest BCUT2D eigenvalue weighted by Crippen LogP contribution is -2.52. The summed E-state index contributed by atoms with van der Waals surface area (Å²) in [5.74, 6) is -3.67. The van der Waals surface area contributed by atoms with Gasteiger partial charge in [0.05, 0.1) is 45.7 Å². The second-order valence-electron chi connectivity index (χ2n) is 15.6. The van der Waals surface area contributed by atoms with Crippen LogP contribution < -0.4 is 31.9 Å². The zero-order chi connectivity index (χ0) is 46.1. The molecule has 0 radical (unpaired) electrons. The summed E-state index contributed by atoms with van der Waals surface area (Å²) in [5, 5.41) is 16.8. The lowest BCUT2D eigenvalue weighted by Gasteiger charge is -2.25. The first-order valence-corrected chi connectivity index (χ1v) is 21.4. The second-order valence-corrected chi connectivity index (χ2v) is 15.6. The van der Waals surface area contributed by atoms with Gasteiger partial charge in [-0.3, -0.25) is 28.8 Å². The summed E-state index contributed by atoms with van der Waals surface area (Å²) in [5.41, 5.74) is 3.58. The highest BCUT2D eigenvalue weighted by molar-refractivity contribution is 6.05. The molecule has 6 N–H and O–H groups in total. The van der Waals surface area contributed by atoms with Crippen molar-refractivity contribution in [2.45, 2.75) is 50.4 Å². The molecule has 6 amide bonds. The van der Waals surface area contributed by atoms with E-state index in [4.69, 9.17) is 14.2 Å². The maximum absolute atomic E-state index is 14.0. The number of carbonyl (C=O) groups is 6. The van der Waals surface area contributed by atoms with Crippen LogP contribution in [-0.2, 0) is 53.2 Å². The van der Waals surface area contributed by atoms with Gasteiger partial charge in [-0.05, 0) is 53.1 Å². The minimum atomic E-state index is -1.22. The van der Waals surface area contributed by atoms with Crippen LogP contribution >= 0.6 is 0 Å². The predicted molar refractivity (Wildman–Crippen MR) is 247 cm³/mol. The largest absolute Gasteiger partial charge is 0.374 e. The van der Waals surface area contributed by atoms with Gasteiger partial charge in [0.1, 0.15) is 18.1 Å². The summed E-state index contributed by atoms with van der Waals surface area (Å²) in [6.45, 7) is -0.143. The van der Waals surface area contributed by atoms with Crippen molar-refractivity contribution in [3.63, 3.8) is 0 Å². The summed E-state index contributed by atoms with van der Waals surface area (Å²) in [6, 6.07) is 36.0. The Morgan fingerprint density at radius 1 is 0.439 bits per heavy atom. The first-order valence-electron chi connectivity index (χ1n) is 21.4. The first-order chi connectivity index (χ1) is 32.2. The average Bonchev–Trinajstić information content (AvgIpc) is 3.33. The number of allylic oxidation sites excluding steroid dienone is 2. The van der Waals surface area contributed by atoms with Crippen molar-refractivity contribution in [2.75, 3.05) is 30.5 Å². The van der Waals surface area contributed by atoms with E-state index in [-0.39, 0.29) is 74.1 Å². The van der Waals surface area contributed by atoms with Crippen molar-refractivity contribution in [3.05, 3.63) is 191 Å². The zero-order valence-corrected chi connectivity index (χ0v) is 35.9. The number of amides is 6. The van der Waals surface area contributed by atoms with Crippen LogP contribution in [0.5, 0.6) is 0 Å². The van der Waals surface area contributed by atoms with Gasteiger partial charge in [0.15, 0.2) is 0 Å². The molecule has 2 aliphatic rings. The first kappa shape index (κ1) is 46.3. The van der Waals surface area contributed by atoms with Crippen LogP contribution in [-0.4, -0.2) is 79.4 Å². The molecule has 15 heteroatoms. The Morgan fingerprint density at radius 2 is 0.848 bits per heavy atom. The van der Waals surface area contributed by atoms with E-state index in [0.29, 0.717) is 0 Å². The number of hydrogen-bond acceptors (Lipinski definition) is 9. The van der Waals surface area contributed by atoms with Crippen molar-refractivity contribution >= 4 is 46.8 Å². The Labute approximate surface area is 382 Å². The van der Waals surface area contributed by atoms with Gasteiger partial charge in [-0.2, -0.15) is 0 Å². The number of ether oxygens (including phenoxy) is 3. The molecular weight excluding hydrogens is 841 g/mol. The van der Waals surface area contributed by atoms with Gasteiger partial charge < -0.3 is 46.1 Å². The van der Waals surface area contributed by atoms with E-state index >= 15 is 0 Å². The molecule has 1 aliphatic heterocycles. The van der Waals surface area contributed by atoms with Crippen molar-refractivity contribution in [3.8, 4) is 0 Å². The normalized spacial score (nSPS) is 19.4. The standard InChI is InChI=1S/C51H50N6O9/c58-46-37-19-10-23-41(25-37)53-50(62)44(32-65-29-35-15-6-2-7-16-35)57-48(60)39-21-12-24-42(27-39)54-51(63)45(33-66-30-36-17-8-3-9-18-36)56-47(59)38-20-11-22-40(26-38)52-49(61)43(55-46)31-64-28-34-13-4-1-5-14-34/h1-26,42-45H,27-33H2,(H,52,61)(H,53,62)(H,54,63)(H,55,58)(H,56,59)(H,57,60)/t42?,43-,44-,45-/m0/s1. The number of fused-ring (bicyclic) bond motifs is 6. The third-order valence-corrected chi connectivity index (χ3v) is 10.5. The summed E-state index contributed by atoms with van der Waals surface area (Å²) in [7, 11) is 0. The number of carbonyl (C=O) groups excluding carboxylic acids is 6. The zero-order valence-electron chi connectivity index (χ0n) is 35.9. The van der Waals surface area contributed by atoms with Gasteiger partial charge in [0.2, 0.25) is 23.6 Å². The predicted octanol–water partition coefficient (Wildman–Crippen LogP) is 4.98. The molecule has 0 spiro atoms. The van der Waals surface area contributed by atoms with E-state index < -0.39 is 59.6 Å². The van der Waals surface area contributed by atoms with Crippen molar-refractivity contribution in [2.24, 2.45) is 0 Å². The summed E-state index contributed by atoms with van der Waals surface area (Å²) in [4.78, 5) is 83.4. The van der Waals surface area contributed by atoms with Crippen LogP contribution in [0.4, 0.5) is 11.4 Å². The van der Waals surface area contributed by atoms with Gasteiger partial charge in [-0.15, -0.1) is 0 Å². The Bertz CT molecular complexity index is 2550. The van der Waals surface area contributed by atoms with Crippen LogP contribution in [0.25, 0.3) is 0 Å². The quantitative estimate of drug-likeness (QED) is 0.1000. The monoisotopic (exact) mass is 890 g/mol. The molecule has 0 aromatic heterocycles. The summed E-state index contributed by atoms with van der Waals surface area (Å²) >= 11 is 0. The molecule has 4 atom stereocenters. The Balaban J connectivity index is 1.16. The van der Waals surface area contributed by atoms with Crippen LogP contribution in [0, 0.1) is 0 Å². The highest BCUT2D eigenvalue weighted by Crippen LogP contribution is 2.18. The fourth-order valence-corrected chi connectivity index (χ4v) is 7.05. The smallest absolute Gasteiger partial charge is 0.252 e. The molecule has 0 fully saturated rings. The lowest BCUT2D eigenvalue weighted by molar-refractivity contribution is -0.126. The Kier molecular flexibility index (Phi) is 16.3. The molecule has 7 rings (SSSR count). The Hall–Kier alpha value is -7.72. The van der Waals surface area contributed by atoms with E-state index in [0.717, 1.165) is 16.7 Å². The molecule has 66 heavy (non-hydrogen) atoms. The second kappa shape index (κ2) is 23.3. The molecule has 0 saturated heterocycles. The molecule has 1 heterocycles. The Morgan fingerprint density at radius 3 is 1.29 bits per heavy atom. The van der Waals surface area contributed by atoms with E-state index in [9.17, 15) is 28.8 Å². The third kappa shape index (κ3) is 13.6. The van der Waals surface area contributed by atoms with Crippen molar-refractivity contribution < 1.29 is 43.0 Å². The summed E-state index contributed by atoms with van der Waals surface area (Å²) < 4.78 is 17.8. The van der Waals surface area contributed by atoms with Crippen molar-refractivity contribution in [1.82, 2.24) is 21.3 Å². The van der Waals surface area contributed by atoms with Crippen LogP contribution in [0.3, 0.4) is 0 Å². The molecule has 0 saturated carbocycles. The van der Waals surface area contributed by atoms with E-state index in [1.54, 1.807) is 42.5 Å². The number of nitrogens with one attached hydrogen (secondary N) is 6. The van der Waals surface area contributed by atoms with E-state index in [1.165, 1.54) is 24.3 Å². The maximum atomic E-state index is 14.0. The molecule has 5 aromatic rings. The van der Waals surface area contributed by atoms with Crippen molar-refractivity contribution in [1.29, 1.82) is 0 Å². The molecule has 6 bridgehead atoms. The molecule has 338 valence electrons. The number of benzene rings is 5. The fraction of sp³-hybridized carbons (Fsp3) is 0.216. The fourth-order valence-electron chi connectivity index (χ4n) is 7.05. The lowest BCUT2D eigenvalue weighted by atomic mass is 9.99. The maximum Gasteiger partial charge on any atom is 0.252 e. The highest BCUT2D eigenvalue weighted by Gasteiger charge is 2.29. The molecule has 1 unspecified atom stereocenters.